The number of benzene rings is 2. The molecule has 0 atom stereocenters. The number of anilines is 1. The monoisotopic (exact) mass is 408 g/mol. The third kappa shape index (κ3) is 4.00. The summed E-state index contributed by atoms with van der Waals surface area (Å²) < 4.78 is 5.60. The number of thiazole rings is 1. The molecule has 1 amide bonds. The zero-order valence-electron chi connectivity index (χ0n) is 15.9. The van der Waals surface area contributed by atoms with Crippen molar-refractivity contribution in [3.05, 3.63) is 64.0 Å². The Kier molecular flexibility index (Phi) is 5.31. The van der Waals surface area contributed by atoms with Gasteiger partial charge in [0.2, 0.25) is 0 Å². The molecule has 1 aliphatic rings. The van der Waals surface area contributed by atoms with Gasteiger partial charge in [-0.15, -0.1) is 11.3 Å². The molecule has 0 saturated heterocycles. The Hall–Kier alpha value is -3.19. The highest BCUT2D eigenvalue weighted by Gasteiger charge is 2.26. The van der Waals surface area contributed by atoms with Gasteiger partial charge in [-0.05, 0) is 48.7 Å². The van der Waals surface area contributed by atoms with E-state index in [0.29, 0.717) is 11.4 Å². The van der Waals surface area contributed by atoms with Crippen LogP contribution in [-0.2, 0) is 17.8 Å². The van der Waals surface area contributed by atoms with E-state index in [1.165, 1.54) is 6.07 Å². The van der Waals surface area contributed by atoms with Gasteiger partial charge in [-0.2, -0.15) is 0 Å². The summed E-state index contributed by atoms with van der Waals surface area (Å²) in [5.74, 6) is -0.527. The standard InChI is InChI=1S/C22H20N2O4S/c1-2-4-20-23-17(13-29-20)15-7-8-19-18(10-15)24(21(25)12-28-19)11-14-5-3-6-16(9-14)22(26)27/h3,5-10,13H,2,4,11-12H2,1H3,(H,26,27). The Balaban J connectivity index is 1.67. The average Bonchev–Trinajstić information content (AvgIpc) is 3.19. The minimum Gasteiger partial charge on any atom is -0.482 e. The lowest BCUT2D eigenvalue weighted by Crippen LogP contribution is -2.38. The maximum Gasteiger partial charge on any atom is 0.335 e. The normalized spacial score (nSPS) is 13.1. The first-order valence-corrected chi connectivity index (χ1v) is 10.3. The van der Waals surface area contributed by atoms with Crippen molar-refractivity contribution in [2.45, 2.75) is 26.3 Å². The van der Waals surface area contributed by atoms with Gasteiger partial charge in [0.25, 0.3) is 5.91 Å². The Morgan fingerprint density at radius 1 is 1.28 bits per heavy atom. The number of carbonyl (C=O) groups is 2. The third-order valence-electron chi connectivity index (χ3n) is 4.73. The number of ether oxygens (including phenoxy) is 1. The van der Waals surface area contributed by atoms with Crippen LogP contribution in [-0.4, -0.2) is 28.6 Å². The van der Waals surface area contributed by atoms with E-state index in [4.69, 9.17) is 4.74 Å². The molecule has 0 fully saturated rings. The van der Waals surface area contributed by atoms with Gasteiger partial charge < -0.3 is 14.7 Å². The van der Waals surface area contributed by atoms with Crippen molar-refractivity contribution in [3.63, 3.8) is 0 Å². The topological polar surface area (TPSA) is 79.7 Å². The summed E-state index contributed by atoms with van der Waals surface area (Å²) in [5.41, 5.74) is 3.42. The summed E-state index contributed by atoms with van der Waals surface area (Å²) in [6.45, 7) is 2.36. The maximum atomic E-state index is 12.6. The van der Waals surface area contributed by atoms with E-state index in [1.54, 1.807) is 28.4 Å². The number of aromatic carboxylic acids is 1. The van der Waals surface area contributed by atoms with Crippen molar-refractivity contribution in [1.29, 1.82) is 0 Å². The molecular formula is C22H20N2O4S. The second-order valence-corrected chi connectivity index (χ2v) is 7.78. The molecule has 4 rings (SSSR count). The molecule has 1 N–H and O–H groups in total. The number of aryl methyl sites for hydroxylation is 1. The van der Waals surface area contributed by atoms with E-state index < -0.39 is 5.97 Å². The molecular weight excluding hydrogens is 388 g/mol. The van der Waals surface area contributed by atoms with Crippen LogP contribution >= 0.6 is 11.3 Å². The van der Waals surface area contributed by atoms with Crippen LogP contribution in [0, 0.1) is 0 Å². The number of rotatable bonds is 6. The van der Waals surface area contributed by atoms with Gasteiger partial charge in [-0.25, -0.2) is 9.78 Å². The van der Waals surface area contributed by atoms with Gasteiger partial charge in [-0.3, -0.25) is 4.79 Å². The van der Waals surface area contributed by atoms with Crippen molar-refractivity contribution < 1.29 is 19.4 Å². The summed E-state index contributed by atoms with van der Waals surface area (Å²) in [6.07, 6.45) is 1.99. The highest BCUT2D eigenvalue weighted by atomic mass is 32.1. The van der Waals surface area contributed by atoms with E-state index in [-0.39, 0.29) is 24.6 Å². The summed E-state index contributed by atoms with van der Waals surface area (Å²) in [7, 11) is 0. The summed E-state index contributed by atoms with van der Waals surface area (Å²) in [6, 6.07) is 12.3. The third-order valence-corrected chi connectivity index (χ3v) is 5.64. The van der Waals surface area contributed by atoms with E-state index >= 15 is 0 Å². The molecule has 0 spiro atoms. The fourth-order valence-corrected chi connectivity index (χ4v) is 4.20. The largest absolute Gasteiger partial charge is 0.482 e. The Morgan fingerprint density at radius 3 is 2.93 bits per heavy atom. The smallest absolute Gasteiger partial charge is 0.335 e. The molecule has 1 aliphatic heterocycles. The predicted octanol–water partition coefficient (Wildman–Crippen LogP) is 4.39. The van der Waals surface area contributed by atoms with Gasteiger partial charge >= 0.3 is 5.97 Å². The van der Waals surface area contributed by atoms with Crippen molar-refractivity contribution in [1.82, 2.24) is 4.98 Å². The first-order chi connectivity index (χ1) is 14.0. The molecule has 0 saturated carbocycles. The van der Waals surface area contributed by atoms with E-state index in [1.807, 2.05) is 29.6 Å². The van der Waals surface area contributed by atoms with Crippen molar-refractivity contribution in [2.24, 2.45) is 0 Å². The second kappa shape index (κ2) is 8.05. The Labute approximate surface area is 172 Å². The highest BCUT2D eigenvalue weighted by molar-refractivity contribution is 7.09. The molecule has 6 nitrogen and oxygen atoms in total. The number of carbonyl (C=O) groups excluding carboxylic acids is 1. The zero-order valence-corrected chi connectivity index (χ0v) is 16.7. The van der Waals surface area contributed by atoms with Gasteiger partial charge in [0, 0.05) is 10.9 Å². The zero-order chi connectivity index (χ0) is 20.4. The Morgan fingerprint density at radius 2 is 2.14 bits per heavy atom. The number of aromatic nitrogens is 1. The van der Waals surface area contributed by atoms with Crippen LogP contribution in [0.3, 0.4) is 0 Å². The maximum absolute atomic E-state index is 12.6. The molecule has 2 heterocycles. The highest BCUT2D eigenvalue weighted by Crippen LogP contribution is 2.37. The van der Waals surface area contributed by atoms with Gasteiger partial charge in [-0.1, -0.05) is 19.1 Å². The lowest BCUT2D eigenvalue weighted by Gasteiger charge is -2.30. The molecule has 29 heavy (non-hydrogen) atoms. The summed E-state index contributed by atoms with van der Waals surface area (Å²) in [5, 5.41) is 12.3. The van der Waals surface area contributed by atoms with Crippen LogP contribution in [0.1, 0.15) is 34.3 Å². The molecule has 0 unspecified atom stereocenters. The van der Waals surface area contributed by atoms with Crippen molar-refractivity contribution >= 4 is 28.9 Å². The SMILES string of the molecule is CCCc1nc(-c2ccc3c(c2)N(Cc2cccc(C(=O)O)c2)C(=O)CO3)cs1. The van der Waals surface area contributed by atoms with Gasteiger partial charge in [0.1, 0.15) is 5.75 Å². The van der Waals surface area contributed by atoms with Crippen LogP contribution in [0.4, 0.5) is 5.69 Å². The number of amides is 1. The fourth-order valence-electron chi connectivity index (χ4n) is 3.29. The molecule has 0 bridgehead atoms. The van der Waals surface area contributed by atoms with Crippen LogP contribution in [0.5, 0.6) is 5.75 Å². The van der Waals surface area contributed by atoms with Crippen molar-refractivity contribution in [3.8, 4) is 17.0 Å². The van der Waals surface area contributed by atoms with E-state index in [2.05, 4.69) is 11.9 Å². The molecule has 0 aliphatic carbocycles. The van der Waals surface area contributed by atoms with Crippen LogP contribution in [0.25, 0.3) is 11.3 Å². The second-order valence-electron chi connectivity index (χ2n) is 6.83. The molecule has 2 aromatic carbocycles. The Bertz CT molecular complexity index is 1080. The minimum atomic E-state index is -0.991. The van der Waals surface area contributed by atoms with Crippen molar-refractivity contribution in [2.75, 3.05) is 11.5 Å². The lowest BCUT2D eigenvalue weighted by molar-refractivity contribution is -0.121. The van der Waals surface area contributed by atoms with Crippen LogP contribution in [0.2, 0.25) is 0 Å². The number of nitrogens with zero attached hydrogens (tertiary/aromatic N) is 2. The lowest BCUT2D eigenvalue weighted by atomic mass is 10.1. The molecule has 1 aromatic heterocycles. The predicted molar refractivity (Wildman–Crippen MR) is 112 cm³/mol. The van der Waals surface area contributed by atoms with Gasteiger partial charge in [0.05, 0.1) is 28.5 Å². The average molecular weight is 408 g/mol. The first kappa shape index (κ1) is 19.1. The number of fused-ring (bicyclic) bond motifs is 1. The number of hydrogen-bond donors (Lipinski definition) is 1. The molecule has 7 heteroatoms. The number of carboxylic acid groups (broad SMARTS) is 1. The molecule has 0 radical (unpaired) electrons. The summed E-state index contributed by atoms with van der Waals surface area (Å²) in [4.78, 5) is 30.2. The van der Waals surface area contributed by atoms with Crippen LogP contribution in [0.15, 0.2) is 47.8 Å². The number of hydrogen-bond acceptors (Lipinski definition) is 5. The molecule has 148 valence electrons. The number of carboxylic acids is 1. The van der Waals surface area contributed by atoms with Crippen LogP contribution < -0.4 is 9.64 Å². The summed E-state index contributed by atoms with van der Waals surface area (Å²) >= 11 is 1.64. The van der Waals surface area contributed by atoms with E-state index in [9.17, 15) is 14.7 Å². The van der Waals surface area contributed by atoms with E-state index in [0.717, 1.165) is 34.7 Å². The molecule has 3 aromatic rings. The quantitative estimate of drug-likeness (QED) is 0.654. The minimum absolute atomic E-state index is 0.0394. The van der Waals surface area contributed by atoms with Gasteiger partial charge in [0.15, 0.2) is 6.61 Å². The fraction of sp³-hybridized carbons (Fsp3) is 0.227. The first-order valence-electron chi connectivity index (χ1n) is 9.39.